The SMILES string of the molecule is COc1ccc(S(=O)(=O)N(CC(=O)N(Cc2ccccc2F)[C@H](C)C(=O)NC2CCCCC2)c2ccc(Cl)cc2)cc1. The van der Waals surface area contributed by atoms with Gasteiger partial charge in [0.25, 0.3) is 10.0 Å². The van der Waals surface area contributed by atoms with E-state index in [0.29, 0.717) is 10.8 Å². The second-order valence-corrected chi connectivity index (χ2v) is 12.6. The average Bonchev–Trinajstić information content (AvgIpc) is 3.00. The van der Waals surface area contributed by atoms with Gasteiger partial charge in [-0.05, 0) is 74.4 Å². The quantitative estimate of drug-likeness (QED) is 0.305. The van der Waals surface area contributed by atoms with E-state index in [9.17, 15) is 22.4 Å². The number of anilines is 1. The van der Waals surface area contributed by atoms with Crippen LogP contribution in [0.4, 0.5) is 10.1 Å². The number of hydrogen-bond acceptors (Lipinski definition) is 5. The van der Waals surface area contributed by atoms with Crippen LogP contribution in [0.1, 0.15) is 44.6 Å². The molecule has 0 bridgehead atoms. The molecule has 0 aromatic heterocycles. The van der Waals surface area contributed by atoms with E-state index < -0.39 is 34.3 Å². The van der Waals surface area contributed by atoms with E-state index in [1.807, 2.05) is 0 Å². The van der Waals surface area contributed by atoms with Crippen molar-refractivity contribution in [2.24, 2.45) is 0 Å². The molecule has 1 aliphatic rings. The van der Waals surface area contributed by atoms with Crippen molar-refractivity contribution in [2.45, 2.75) is 62.6 Å². The van der Waals surface area contributed by atoms with E-state index in [1.165, 1.54) is 78.7 Å². The Balaban J connectivity index is 1.68. The largest absolute Gasteiger partial charge is 0.497 e. The van der Waals surface area contributed by atoms with E-state index in [4.69, 9.17) is 16.3 Å². The topological polar surface area (TPSA) is 96.0 Å². The molecule has 3 aromatic rings. The van der Waals surface area contributed by atoms with Crippen LogP contribution in [0.5, 0.6) is 5.75 Å². The molecule has 8 nitrogen and oxygen atoms in total. The molecular formula is C31H35ClFN3O5S. The van der Waals surface area contributed by atoms with Crippen molar-refractivity contribution in [3.63, 3.8) is 0 Å². The Hall–Kier alpha value is -3.63. The molecule has 1 fully saturated rings. The molecule has 2 amide bonds. The van der Waals surface area contributed by atoms with Crippen LogP contribution in [0.3, 0.4) is 0 Å². The number of nitrogens with one attached hydrogen (secondary N) is 1. The maximum absolute atomic E-state index is 14.7. The zero-order chi connectivity index (χ0) is 30.3. The first kappa shape index (κ1) is 31.3. The number of nitrogens with zero attached hydrogens (tertiary/aromatic N) is 2. The summed E-state index contributed by atoms with van der Waals surface area (Å²) in [6, 6.07) is 16.8. The van der Waals surface area contributed by atoms with Gasteiger partial charge < -0.3 is 15.0 Å². The van der Waals surface area contributed by atoms with Crippen LogP contribution in [-0.2, 0) is 26.2 Å². The van der Waals surface area contributed by atoms with E-state index in [1.54, 1.807) is 13.0 Å². The molecule has 224 valence electrons. The molecule has 0 spiro atoms. The Labute approximate surface area is 251 Å². The number of halogens is 2. The lowest BCUT2D eigenvalue weighted by Crippen LogP contribution is -2.53. The predicted octanol–water partition coefficient (Wildman–Crippen LogP) is 5.55. The second-order valence-electron chi connectivity index (χ2n) is 10.3. The third kappa shape index (κ3) is 7.60. The Bertz CT molecular complexity index is 1480. The fraction of sp³-hybridized carbons (Fsp3) is 0.355. The lowest BCUT2D eigenvalue weighted by atomic mass is 9.95. The summed E-state index contributed by atoms with van der Waals surface area (Å²) in [7, 11) is -2.79. The van der Waals surface area contributed by atoms with Gasteiger partial charge in [-0.1, -0.05) is 49.1 Å². The highest BCUT2D eigenvalue weighted by molar-refractivity contribution is 7.92. The molecule has 1 saturated carbocycles. The summed E-state index contributed by atoms with van der Waals surface area (Å²) in [5, 5.41) is 3.42. The van der Waals surface area contributed by atoms with Crippen molar-refractivity contribution in [1.29, 1.82) is 0 Å². The minimum absolute atomic E-state index is 0.000119. The lowest BCUT2D eigenvalue weighted by Gasteiger charge is -2.33. The van der Waals surface area contributed by atoms with Crippen LogP contribution in [-0.4, -0.2) is 50.9 Å². The molecule has 3 aromatic carbocycles. The summed E-state index contributed by atoms with van der Waals surface area (Å²) in [6.45, 7) is 0.717. The number of amides is 2. The van der Waals surface area contributed by atoms with Gasteiger partial charge in [-0.3, -0.25) is 13.9 Å². The summed E-state index contributed by atoms with van der Waals surface area (Å²) in [5.41, 5.74) is 0.410. The monoisotopic (exact) mass is 615 g/mol. The number of carbonyl (C=O) groups excluding carboxylic acids is 2. The molecule has 0 aliphatic heterocycles. The number of hydrogen-bond donors (Lipinski definition) is 1. The summed E-state index contributed by atoms with van der Waals surface area (Å²) in [6.07, 6.45) is 4.84. The molecule has 0 unspecified atom stereocenters. The first-order valence-corrected chi connectivity index (χ1v) is 15.7. The first-order chi connectivity index (χ1) is 20.1. The van der Waals surface area contributed by atoms with Gasteiger partial charge in [0, 0.05) is 23.2 Å². The number of sulfonamides is 1. The fourth-order valence-corrected chi connectivity index (χ4v) is 6.51. The molecule has 4 rings (SSSR count). The van der Waals surface area contributed by atoms with Crippen molar-refractivity contribution in [3.8, 4) is 5.75 Å². The molecule has 0 radical (unpaired) electrons. The highest BCUT2D eigenvalue weighted by atomic mass is 35.5. The van der Waals surface area contributed by atoms with Gasteiger partial charge in [0.15, 0.2) is 0 Å². The van der Waals surface area contributed by atoms with Gasteiger partial charge in [-0.2, -0.15) is 0 Å². The summed E-state index contributed by atoms with van der Waals surface area (Å²) in [4.78, 5) is 28.5. The van der Waals surface area contributed by atoms with Gasteiger partial charge >= 0.3 is 0 Å². The van der Waals surface area contributed by atoms with Gasteiger partial charge in [-0.25, -0.2) is 12.8 Å². The minimum Gasteiger partial charge on any atom is -0.497 e. The molecule has 1 atom stereocenters. The standard InChI is InChI=1S/C31H35ClFN3O5S/c1-22(31(38)34-25-9-4-3-5-10-25)35(20-23-8-6-7-11-29(23)33)30(37)21-36(26-14-12-24(32)13-15-26)42(39,40)28-18-16-27(41-2)17-19-28/h6-8,11-19,22,25H,3-5,9-10,20-21H2,1-2H3,(H,34,38)/t22-/m1/s1. The highest BCUT2D eigenvalue weighted by Crippen LogP contribution is 2.27. The van der Waals surface area contributed by atoms with E-state index in [0.717, 1.165) is 36.4 Å². The third-order valence-electron chi connectivity index (χ3n) is 7.46. The average molecular weight is 616 g/mol. The predicted molar refractivity (Wildman–Crippen MR) is 160 cm³/mol. The van der Waals surface area contributed by atoms with Gasteiger partial charge in [0.05, 0.1) is 17.7 Å². The molecule has 0 heterocycles. The minimum atomic E-state index is -4.26. The fourth-order valence-electron chi connectivity index (χ4n) is 4.97. The third-order valence-corrected chi connectivity index (χ3v) is 9.50. The zero-order valence-electron chi connectivity index (χ0n) is 23.6. The summed E-state index contributed by atoms with van der Waals surface area (Å²) in [5.74, 6) is -1.10. The molecule has 0 saturated heterocycles. The lowest BCUT2D eigenvalue weighted by molar-refractivity contribution is -0.139. The number of methoxy groups -OCH3 is 1. The molecule has 11 heteroatoms. The van der Waals surface area contributed by atoms with Crippen LogP contribution in [0, 0.1) is 5.82 Å². The molecule has 42 heavy (non-hydrogen) atoms. The van der Waals surface area contributed by atoms with Gasteiger partial charge in [0.2, 0.25) is 11.8 Å². The van der Waals surface area contributed by atoms with Gasteiger partial charge in [0.1, 0.15) is 24.2 Å². The van der Waals surface area contributed by atoms with E-state index in [-0.39, 0.29) is 34.6 Å². The van der Waals surface area contributed by atoms with Crippen LogP contribution >= 0.6 is 11.6 Å². The van der Waals surface area contributed by atoms with Crippen molar-refractivity contribution in [2.75, 3.05) is 18.0 Å². The Morgan fingerprint density at radius 3 is 2.26 bits per heavy atom. The number of carbonyl (C=O) groups is 2. The van der Waals surface area contributed by atoms with Crippen LogP contribution in [0.2, 0.25) is 5.02 Å². The van der Waals surface area contributed by atoms with Crippen LogP contribution in [0.25, 0.3) is 0 Å². The smallest absolute Gasteiger partial charge is 0.264 e. The maximum atomic E-state index is 14.7. The summed E-state index contributed by atoms with van der Waals surface area (Å²) < 4.78 is 48.6. The Kier molecular flexibility index (Phi) is 10.5. The molecule has 1 N–H and O–H groups in total. The van der Waals surface area contributed by atoms with Crippen molar-refractivity contribution in [1.82, 2.24) is 10.2 Å². The number of ether oxygens (including phenoxy) is 1. The molecule has 1 aliphatic carbocycles. The maximum Gasteiger partial charge on any atom is 0.264 e. The van der Waals surface area contributed by atoms with Crippen molar-refractivity contribution < 1.29 is 27.1 Å². The number of rotatable bonds is 11. The van der Waals surface area contributed by atoms with Crippen molar-refractivity contribution in [3.05, 3.63) is 89.2 Å². The van der Waals surface area contributed by atoms with Crippen molar-refractivity contribution >= 4 is 39.1 Å². The highest BCUT2D eigenvalue weighted by Gasteiger charge is 2.33. The normalized spacial score (nSPS) is 14.6. The zero-order valence-corrected chi connectivity index (χ0v) is 25.2. The van der Waals surface area contributed by atoms with E-state index in [2.05, 4.69) is 5.32 Å². The number of benzene rings is 3. The second kappa shape index (κ2) is 14.0. The molecular weight excluding hydrogens is 581 g/mol. The Morgan fingerprint density at radius 2 is 1.64 bits per heavy atom. The van der Waals surface area contributed by atoms with Crippen LogP contribution < -0.4 is 14.4 Å². The van der Waals surface area contributed by atoms with Gasteiger partial charge in [-0.15, -0.1) is 0 Å². The first-order valence-electron chi connectivity index (χ1n) is 13.9. The van der Waals surface area contributed by atoms with Crippen LogP contribution in [0.15, 0.2) is 77.7 Å². The van der Waals surface area contributed by atoms with E-state index >= 15 is 0 Å². The summed E-state index contributed by atoms with van der Waals surface area (Å²) >= 11 is 6.06. The Morgan fingerprint density at radius 1 is 1.00 bits per heavy atom.